The molecule has 7 heteroatoms. The number of hydrogen-bond acceptors (Lipinski definition) is 5. The van der Waals surface area contributed by atoms with Gasteiger partial charge in [-0.25, -0.2) is 0 Å². The summed E-state index contributed by atoms with van der Waals surface area (Å²) in [5.74, 6) is -0.404. The topological polar surface area (TPSA) is 83.0 Å². The summed E-state index contributed by atoms with van der Waals surface area (Å²) in [7, 11) is 0. The van der Waals surface area contributed by atoms with Crippen LogP contribution in [0, 0.1) is 0 Å². The van der Waals surface area contributed by atoms with Crippen molar-refractivity contribution in [2.24, 2.45) is 5.73 Å². The predicted molar refractivity (Wildman–Crippen MR) is 138 cm³/mol. The number of nitrogens with two attached hydrogens (primary N) is 1. The molecule has 0 bridgehead atoms. The van der Waals surface area contributed by atoms with E-state index in [0.717, 1.165) is 43.9 Å². The minimum atomic E-state index is -0.443. The Bertz CT molecular complexity index is 1120. The smallest absolute Gasteiger partial charge is 0.253 e. The van der Waals surface area contributed by atoms with E-state index in [1.165, 1.54) is 5.56 Å². The molecule has 184 valence electrons. The number of furan rings is 1. The lowest BCUT2D eigenvalue weighted by Gasteiger charge is -2.40. The lowest BCUT2D eigenvalue weighted by molar-refractivity contribution is 0.0772. The Kier molecular flexibility index (Phi) is 7.87. The van der Waals surface area contributed by atoms with Crippen molar-refractivity contribution in [3.63, 3.8) is 0 Å². The molecular formula is C28H34N4O3. The molecule has 1 aromatic heterocycles. The minimum Gasteiger partial charge on any atom is -0.472 e. The van der Waals surface area contributed by atoms with Crippen molar-refractivity contribution in [1.29, 1.82) is 0 Å². The summed E-state index contributed by atoms with van der Waals surface area (Å²) in [5, 5.41) is 0. The van der Waals surface area contributed by atoms with Gasteiger partial charge in [-0.2, -0.15) is 0 Å². The monoisotopic (exact) mass is 474 g/mol. The summed E-state index contributed by atoms with van der Waals surface area (Å²) in [5.41, 5.74) is 9.85. The van der Waals surface area contributed by atoms with Crippen LogP contribution in [0.2, 0.25) is 0 Å². The maximum Gasteiger partial charge on any atom is 0.253 e. The molecule has 4 rings (SSSR count). The number of likely N-dealkylation sites (tertiary alicyclic amines) is 1. The number of anilines is 2. The fraction of sp³-hybridized carbons (Fsp3) is 0.357. The summed E-state index contributed by atoms with van der Waals surface area (Å²) >= 11 is 0. The van der Waals surface area contributed by atoms with Gasteiger partial charge >= 0.3 is 0 Å². The van der Waals surface area contributed by atoms with Gasteiger partial charge < -0.3 is 20.0 Å². The highest BCUT2D eigenvalue weighted by Crippen LogP contribution is 2.33. The summed E-state index contributed by atoms with van der Waals surface area (Å²) in [6.45, 7) is 8.13. The van der Waals surface area contributed by atoms with Crippen LogP contribution in [0.5, 0.6) is 0 Å². The SMILES string of the molecule is CCN(CC)C(=O)c1ccc(N(c2cccc(C(N)=O)c2)C2CCN(Cc3ccoc3)CC2)cc1. The molecule has 0 spiro atoms. The highest BCUT2D eigenvalue weighted by molar-refractivity contribution is 5.95. The molecule has 2 heterocycles. The number of hydrogen-bond donors (Lipinski definition) is 1. The van der Waals surface area contributed by atoms with Crippen molar-refractivity contribution in [3.05, 3.63) is 83.8 Å². The summed E-state index contributed by atoms with van der Waals surface area (Å²) < 4.78 is 5.22. The van der Waals surface area contributed by atoms with E-state index >= 15 is 0 Å². The van der Waals surface area contributed by atoms with Crippen LogP contribution in [0.1, 0.15) is 53.0 Å². The van der Waals surface area contributed by atoms with Crippen molar-refractivity contribution in [3.8, 4) is 0 Å². The molecule has 35 heavy (non-hydrogen) atoms. The Morgan fingerprint density at radius 1 is 0.971 bits per heavy atom. The van der Waals surface area contributed by atoms with Gasteiger partial charge in [-0.1, -0.05) is 6.07 Å². The quantitative estimate of drug-likeness (QED) is 0.488. The molecule has 0 atom stereocenters. The van der Waals surface area contributed by atoms with Gasteiger partial charge in [0.1, 0.15) is 0 Å². The zero-order valence-corrected chi connectivity index (χ0v) is 20.5. The average molecular weight is 475 g/mol. The Morgan fingerprint density at radius 3 is 2.29 bits per heavy atom. The lowest BCUT2D eigenvalue weighted by Crippen LogP contribution is -2.43. The van der Waals surface area contributed by atoms with E-state index in [2.05, 4.69) is 9.80 Å². The van der Waals surface area contributed by atoms with Gasteiger partial charge in [0.05, 0.1) is 12.5 Å². The molecule has 1 aliphatic heterocycles. The predicted octanol–water partition coefficient (Wildman–Crippen LogP) is 4.66. The van der Waals surface area contributed by atoms with Gasteiger partial charge in [0.15, 0.2) is 0 Å². The third-order valence-electron chi connectivity index (χ3n) is 6.76. The number of nitrogens with zero attached hydrogens (tertiary/aromatic N) is 3. The van der Waals surface area contributed by atoms with E-state index < -0.39 is 5.91 Å². The fourth-order valence-electron chi connectivity index (χ4n) is 4.81. The average Bonchev–Trinajstić information content (AvgIpc) is 3.39. The van der Waals surface area contributed by atoms with Crippen molar-refractivity contribution in [2.75, 3.05) is 31.1 Å². The second-order valence-corrected chi connectivity index (χ2v) is 8.95. The largest absolute Gasteiger partial charge is 0.472 e. The standard InChI is InChI=1S/C28H34N4O3/c1-3-31(4-2)28(34)22-8-10-24(11-9-22)32(26-7-5-6-23(18-26)27(29)33)25-12-15-30(16-13-25)19-21-14-17-35-20-21/h5-11,14,17-18,20,25H,3-4,12-13,15-16,19H2,1-2H3,(H2,29,33). The number of piperidine rings is 1. The number of primary amides is 1. The number of carbonyl (C=O) groups is 2. The van der Waals surface area contributed by atoms with Crippen LogP contribution in [-0.2, 0) is 6.54 Å². The van der Waals surface area contributed by atoms with E-state index in [1.807, 2.05) is 67.3 Å². The third-order valence-corrected chi connectivity index (χ3v) is 6.76. The highest BCUT2D eigenvalue weighted by Gasteiger charge is 2.27. The Morgan fingerprint density at radius 2 is 1.69 bits per heavy atom. The van der Waals surface area contributed by atoms with E-state index in [-0.39, 0.29) is 11.9 Å². The Balaban J connectivity index is 1.58. The maximum absolute atomic E-state index is 12.8. The number of benzene rings is 2. The van der Waals surface area contributed by atoms with Crippen molar-refractivity contribution in [2.45, 2.75) is 39.3 Å². The minimum absolute atomic E-state index is 0.0383. The Labute approximate surface area is 207 Å². The molecule has 2 amide bonds. The first kappa shape index (κ1) is 24.5. The van der Waals surface area contributed by atoms with Crippen LogP contribution < -0.4 is 10.6 Å². The first-order valence-electron chi connectivity index (χ1n) is 12.3. The molecular weight excluding hydrogens is 440 g/mol. The Hall–Kier alpha value is -3.58. The second kappa shape index (κ2) is 11.2. The maximum atomic E-state index is 12.8. The van der Waals surface area contributed by atoms with Crippen molar-refractivity contribution in [1.82, 2.24) is 9.80 Å². The van der Waals surface area contributed by atoms with Crippen LogP contribution >= 0.6 is 0 Å². The van der Waals surface area contributed by atoms with E-state index in [4.69, 9.17) is 10.2 Å². The molecule has 0 aliphatic carbocycles. The molecule has 2 aromatic carbocycles. The second-order valence-electron chi connectivity index (χ2n) is 8.95. The molecule has 0 radical (unpaired) electrons. The van der Waals surface area contributed by atoms with Crippen LogP contribution in [0.25, 0.3) is 0 Å². The summed E-state index contributed by atoms with van der Waals surface area (Å²) in [6.07, 6.45) is 5.45. The normalized spacial score (nSPS) is 14.6. The first-order valence-corrected chi connectivity index (χ1v) is 12.3. The molecule has 0 saturated carbocycles. The van der Waals surface area contributed by atoms with E-state index in [1.54, 1.807) is 18.6 Å². The highest BCUT2D eigenvalue weighted by atomic mass is 16.3. The number of amides is 2. The molecule has 1 saturated heterocycles. The first-order chi connectivity index (χ1) is 17.0. The van der Waals surface area contributed by atoms with Gasteiger partial charge in [0.2, 0.25) is 5.91 Å². The van der Waals surface area contributed by atoms with Gasteiger partial charge in [-0.3, -0.25) is 14.5 Å². The van der Waals surface area contributed by atoms with Crippen LogP contribution in [-0.4, -0.2) is 53.8 Å². The molecule has 1 fully saturated rings. The third kappa shape index (κ3) is 5.74. The molecule has 1 aliphatic rings. The van der Waals surface area contributed by atoms with Gasteiger partial charge in [-0.15, -0.1) is 0 Å². The zero-order valence-electron chi connectivity index (χ0n) is 20.5. The molecule has 0 unspecified atom stereocenters. The molecule has 2 N–H and O–H groups in total. The summed E-state index contributed by atoms with van der Waals surface area (Å²) in [4.78, 5) is 31.2. The van der Waals surface area contributed by atoms with Crippen molar-refractivity contribution >= 4 is 23.2 Å². The van der Waals surface area contributed by atoms with Crippen LogP contribution in [0.3, 0.4) is 0 Å². The lowest BCUT2D eigenvalue weighted by atomic mass is 10.00. The fourth-order valence-corrected chi connectivity index (χ4v) is 4.81. The zero-order chi connectivity index (χ0) is 24.8. The van der Waals surface area contributed by atoms with Gasteiger partial charge in [-0.05, 0) is 75.2 Å². The summed E-state index contributed by atoms with van der Waals surface area (Å²) in [6, 6.07) is 17.5. The molecule has 7 nitrogen and oxygen atoms in total. The van der Waals surface area contributed by atoms with Gasteiger partial charge in [0, 0.05) is 66.8 Å². The number of rotatable bonds is 9. The van der Waals surface area contributed by atoms with Crippen LogP contribution in [0.4, 0.5) is 11.4 Å². The van der Waals surface area contributed by atoms with E-state index in [0.29, 0.717) is 24.2 Å². The van der Waals surface area contributed by atoms with Crippen molar-refractivity contribution < 1.29 is 14.0 Å². The molecule has 3 aromatic rings. The van der Waals surface area contributed by atoms with E-state index in [9.17, 15) is 9.59 Å². The number of carbonyl (C=O) groups excluding carboxylic acids is 2. The van der Waals surface area contributed by atoms with Crippen LogP contribution in [0.15, 0.2) is 71.5 Å². The van der Waals surface area contributed by atoms with Gasteiger partial charge in [0.25, 0.3) is 5.91 Å².